The molecule has 0 radical (unpaired) electrons. The van der Waals surface area contributed by atoms with Gasteiger partial charge in [0.1, 0.15) is 5.82 Å². The largest absolute Gasteiger partial charge is 0.448 e. The number of aromatic nitrogens is 3. The lowest BCUT2D eigenvalue weighted by atomic mass is 10.3. The summed E-state index contributed by atoms with van der Waals surface area (Å²) in [6.45, 7) is 3.05. The third kappa shape index (κ3) is 4.35. The molecule has 1 aromatic heterocycles. The summed E-state index contributed by atoms with van der Waals surface area (Å²) in [6.07, 6.45) is -1.10. The Hall–Kier alpha value is -3.55. The highest BCUT2D eigenvalue weighted by Gasteiger charge is 2.23. The van der Waals surface area contributed by atoms with Crippen LogP contribution in [0.1, 0.15) is 23.1 Å². The molecule has 0 unspecified atom stereocenters. The average molecular weight is 368 g/mol. The average Bonchev–Trinajstić information content (AvgIpc) is 3.04. The third-order valence-corrected chi connectivity index (χ3v) is 3.71. The van der Waals surface area contributed by atoms with E-state index < -0.39 is 23.8 Å². The zero-order chi connectivity index (χ0) is 19.4. The summed E-state index contributed by atoms with van der Waals surface area (Å²) < 4.78 is 18.4. The number of nitrogens with one attached hydrogen (secondary N) is 1. The van der Waals surface area contributed by atoms with Crippen LogP contribution in [-0.2, 0) is 9.53 Å². The SMILES string of the molecule is Cc1nn(-c2ccccc2)nc1C(=O)O[C@@H](C)C(=O)Nc1cccc(F)c1. The fourth-order valence-electron chi connectivity index (χ4n) is 2.32. The van der Waals surface area contributed by atoms with Crippen molar-refractivity contribution in [3.05, 3.63) is 71.8 Å². The summed E-state index contributed by atoms with van der Waals surface area (Å²) in [5, 5.41) is 10.8. The van der Waals surface area contributed by atoms with E-state index in [2.05, 4.69) is 15.5 Å². The molecule has 0 aliphatic rings. The summed E-state index contributed by atoms with van der Waals surface area (Å²) in [4.78, 5) is 25.8. The Labute approximate surface area is 154 Å². The molecule has 2 aromatic carbocycles. The van der Waals surface area contributed by atoms with Gasteiger partial charge in [0, 0.05) is 5.69 Å². The lowest BCUT2D eigenvalue weighted by Gasteiger charge is -2.12. The molecule has 1 amide bonds. The molecule has 8 heteroatoms. The molecule has 0 spiro atoms. The molecule has 3 rings (SSSR count). The number of esters is 1. The minimum atomic E-state index is -1.10. The van der Waals surface area contributed by atoms with Crippen LogP contribution in [0.15, 0.2) is 54.6 Å². The fourth-order valence-corrected chi connectivity index (χ4v) is 2.32. The number of benzene rings is 2. The van der Waals surface area contributed by atoms with Crippen LogP contribution in [0.5, 0.6) is 0 Å². The van der Waals surface area contributed by atoms with E-state index in [4.69, 9.17) is 4.74 Å². The van der Waals surface area contributed by atoms with Gasteiger partial charge >= 0.3 is 5.97 Å². The molecule has 1 atom stereocenters. The number of anilines is 1. The van der Waals surface area contributed by atoms with E-state index in [9.17, 15) is 14.0 Å². The minimum Gasteiger partial charge on any atom is -0.448 e. The molecule has 0 aliphatic carbocycles. The van der Waals surface area contributed by atoms with Gasteiger partial charge in [0.2, 0.25) is 0 Å². The Morgan fingerprint density at radius 2 is 1.85 bits per heavy atom. The fraction of sp³-hybridized carbons (Fsp3) is 0.158. The summed E-state index contributed by atoms with van der Waals surface area (Å²) in [6, 6.07) is 14.5. The molecular weight excluding hydrogens is 351 g/mol. The quantitative estimate of drug-likeness (QED) is 0.700. The molecule has 0 saturated heterocycles. The number of carbonyl (C=O) groups excluding carboxylic acids is 2. The first kappa shape index (κ1) is 18.2. The van der Waals surface area contributed by atoms with Crippen LogP contribution in [0.2, 0.25) is 0 Å². The zero-order valence-corrected chi connectivity index (χ0v) is 14.7. The van der Waals surface area contributed by atoms with Gasteiger partial charge in [-0.15, -0.1) is 5.10 Å². The second-order valence-electron chi connectivity index (χ2n) is 5.81. The van der Waals surface area contributed by atoms with Crippen molar-refractivity contribution in [2.24, 2.45) is 0 Å². The van der Waals surface area contributed by atoms with Gasteiger partial charge < -0.3 is 10.1 Å². The van der Waals surface area contributed by atoms with E-state index >= 15 is 0 Å². The van der Waals surface area contributed by atoms with Gasteiger partial charge in [-0.2, -0.15) is 9.90 Å². The number of nitrogens with zero attached hydrogens (tertiary/aromatic N) is 3. The molecule has 0 saturated carbocycles. The van der Waals surface area contributed by atoms with E-state index in [-0.39, 0.29) is 11.4 Å². The maximum atomic E-state index is 13.2. The van der Waals surface area contributed by atoms with E-state index in [1.807, 2.05) is 18.2 Å². The van der Waals surface area contributed by atoms with Crippen LogP contribution in [-0.4, -0.2) is 33.0 Å². The van der Waals surface area contributed by atoms with Gasteiger partial charge in [-0.25, -0.2) is 9.18 Å². The van der Waals surface area contributed by atoms with Gasteiger partial charge in [0.25, 0.3) is 5.91 Å². The highest BCUT2D eigenvalue weighted by atomic mass is 19.1. The third-order valence-electron chi connectivity index (χ3n) is 3.71. The highest BCUT2D eigenvalue weighted by Crippen LogP contribution is 2.12. The van der Waals surface area contributed by atoms with Gasteiger partial charge in [-0.1, -0.05) is 24.3 Å². The molecule has 1 N–H and O–H groups in total. The smallest absolute Gasteiger partial charge is 0.361 e. The second kappa shape index (κ2) is 7.77. The lowest BCUT2D eigenvalue weighted by molar-refractivity contribution is -0.123. The zero-order valence-electron chi connectivity index (χ0n) is 14.7. The van der Waals surface area contributed by atoms with Crippen LogP contribution >= 0.6 is 0 Å². The Morgan fingerprint density at radius 3 is 2.56 bits per heavy atom. The number of para-hydroxylation sites is 1. The number of hydrogen-bond donors (Lipinski definition) is 1. The first-order valence-electron chi connectivity index (χ1n) is 8.21. The van der Waals surface area contributed by atoms with Crippen molar-refractivity contribution in [2.45, 2.75) is 20.0 Å². The van der Waals surface area contributed by atoms with Gasteiger partial charge in [0.05, 0.1) is 11.4 Å². The standard InChI is InChI=1S/C19H17FN4O3/c1-12-17(23-24(22-12)16-9-4-3-5-10-16)19(26)27-13(2)18(25)21-15-8-6-7-14(20)11-15/h3-11,13H,1-2H3,(H,21,25)/t13-/m0/s1. The number of halogens is 1. The van der Waals surface area contributed by atoms with Crippen LogP contribution in [0.25, 0.3) is 5.69 Å². The first-order chi connectivity index (χ1) is 12.9. The van der Waals surface area contributed by atoms with Crippen molar-refractivity contribution in [3.8, 4) is 5.69 Å². The van der Waals surface area contributed by atoms with Crippen LogP contribution in [0, 0.1) is 12.7 Å². The van der Waals surface area contributed by atoms with Crippen LogP contribution < -0.4 is 5.32 Å². The molecule has 138 valence electrons. The summed E-state index contributed by atoms with van der Waals surface area (Å²) in [7, 11) is 0. The maximum Gasteiger partial charge on any atom is 0.361 e. The Kier molecular flexibility index (Phi) is 5.25. The maximum absolute atomic E-state index is 13.2. The lowest BCUT2D eigenvalue weighted by Crippen LogP contribution is -2.30. The number of ether oxygens (including phenoxy) is 1. The van der Waals surface area contributed by atoms with E-state index in [0.717, 1.165) is 0 Å². The Balaban J connectivity index is 1.68. The molecule has 0 fully saturated rings. The van der Waals surface area contributed by atoms with Crippen LogP contribution in [0.3, 0.4) is 0 Å². The summed E-state index contributed by atoms with van der Waals surface area (Å²) >= 11 is 0. The summed E-state index contributed by atoms with van der Waals surface area (Å²) in [5.74, 6) is -1.83. The number of carbonyl (C=O) groups is 2. The topological polar surface area (TPSA) is 86.1 Å². The number of rotatable bonds is 5. The van der Waals surface area contributed by atoms with Crippen molar-refractivity contribution < 1.29 is 18.7 Å². The van der Waals surface area contributed by atoms with Crippen LogP contribution in [0.4, 0.5) is 10.1 Å². The first-order valence-corrected chi connectivity index (χ1v) is 8.21. The molecule has 27 heavy (non-hydrogen) atoms. The van der Waals surface area contributed by atoms with Gasteiger partial charge in [-0.3, -0.25) is 4.79 Å². The number of hydrogen-bond acceptors (Lipinski definition) is 5. The van der Waals surface area contributed by atoms with E-state index in [0.29, 0.717) is 11.4 Å². The molecule has 0 aliphatic heterocycles. The Morgan fingerprint density at radius 1 is 1.11 bits per heavy atom. The van der Waals surface area contributed by atoms with Crippen molar-refractivity contribution in [1.82, 2.24) is 15.0 Å². The highest BCUT2D eigenvalue weighted by molar-refractivity contribution is 5.97. The van der Waals surface area contributed by atoms with Crippen molar-refractivity contribution in [1.29, 1.82) is 0 Å². The van der Waals surface area contributed by atoms with Crippen molar-refractivity contribution >= 4 is 17.6 Å². The molecule has 0 bridgehead atoms. The molecule has 1 heterocycles. The van der Waals surface area contributed by atoms with E-state index in [1.54, 1.807) is 19.1 Å². The molecule has 7 nitrogen and oxygen atoms in total. The molecular formula is C19H17FN4O3. The Bertz CT molecular complexity index is 972. The van der Waals surface area contributed by atoms with Gasteiger partial charge in [-0.05, 0) is 44.2 Å². The second-order valence-corrected chi connectivity index (χ2v) is 5.81. The van der Waals surface area contributed by atoms with E-state index in [1.165, 1.54) is 36.0 Å². The summed E-state index contributed by atoms with van der Waals surface area (Å²) in [5.41, 5.74) is 1.36. The number of amides is 1. The van der Waals surface area contributed by atoms with Gasteiger partial charge in [0.15, 0.2) is 11.8 Å². The van der Waals surface area contributed by atoms with Crippen molar-refractivity contribution in [2.75, 3.05) is 5.32 Å². The normalized spacial score (nSPS) is 11.7. The monoisotopic (exact) mass is 368 g/mol. The molecule has 3 aromatic rings. The number of aryl methyl sites for hydroxylation is 1. The minimum absolute atomic E-state index is 0.0178. The predicted octanol–water partition coefficient (Wildman–Crippen LogP) is 2.90. The predicted molar refractivity (Wildman–Crippen MR) is 96.0 cm³/mol. The van der Waals surface area contributed by atoms with Crippen molar-refractivity contribution in [3.63, 3.8) is 0 Å².